The summed E-state index contributed by atoms with van der Waals surface area (Å²) in [6, 6.07) is 0. The molecule has 1 aromatic rings. The van der Waals surface area contributed by atoms with Gasteiger partial charge in [-0.05, 0) is 24.7 Å². The molecule has 1 heterocycles. The number of halogens is 3. The predicted octanol–water partition coefficient (Wildman–Crippen LogP) is 4.16. The van der Waals surface area contributed by atoms with Gasteiger partial charge < -0.3 is 5.73 Å². The SMILES string of the molecule is CC(C)C1CCCC(N)(c2cnc(C(F)(F)F)s2)C1. The van der Waals surface area contributed by atoms with Crippen LogP contribution in [0.3, 0.4) is 0 Å². The molecule has 2 rings (SSSR count). The van der Waals surface area contributed by atoms with Crippen LogP contribution in [-0.2, 0) is 11.7 Å². The molecular weight excluding hydrogens is 273 g/mol. The Kier molecular flexibility index (Phi) is 3.93. The van der Waals surface area contributed by atoms with Gasteiger partial charge in [-0.25, -0.2) is 4.98 Å². The smallest absolute Gasteiger partial charge is 0.321 e. The van der Waals surface area contributed by atoms with E-state index in [0.717, 1.165) is 25.7 Å². The molecule has 1 aliphatic rings. The maximum atomic E-state index is 12.6. The van der Waals surface area contributed by atoms with Gasteiger partial charge in [-0.15, -0.1) is 11.3 Å². The van der Waals surface area contributed by atoms with Crippen molar-refractivity contribution in [2.24, 2.45) is 17.6 Å². The van der Waals surface area contributed by atoms with E-state index in [0.29, 0.717) is 28.0 Å². The summed E-state index contributed by atoms with van der Waals surface area (Å²) in [6.07, 6.45) is 0.529. The third-order valence-corrected chi connectivity index (χ3v) is 5.27. The largest absolute Gasteiger partial charge is 0.443 e. The molecule has 1 fully saturated rings. The van der Waals surface area contributed by atoms with Gasteiger partial charge in [-0.1, -0.05) is 26.7 Å². The highest BCUT2D eigenvalue weighted by molar-refractivity contribution is 7.11. The molecule has 2 nitrogen and oxygen atoms in total. The molecule has 0 aromatic carbocycles. The standard InChI is InChI=1S/C13H19F3N2S/c1-8(2)9-4-3-5-12(17,6-9)10-7-18-11(19-10)13(14,15)16/h7-9H,3-6,17H2,1-2H3. The zero-order valence-electron chi connectivity index (χ0n) is 11.1. The second-order valence-electron chi connectivity index (χ2n) is 5.78. The monoisotopic (exact) mass is 292 g/mol. The molecule has 0 aliphatic heterocycles. The third-order valence-electron chi connectivity index (χ3n) is 4.01. The molecule has 2 atom stereocenters. The van der Waals surface area contributed by atoms with Crippen LogP contribution in [-0.4, -0.2) is 4.98 Å². The Balaban J connectivity index is 2.22. The van der Waals surface area contributed by atoms with Gasteiger partial charge in [-0.2, -0.15) is 13.2 Å². The van der Waals surface area contributed by atoms with Crippen molar-refractivity contribution in [1.82, 2.24) is 4.98 Å². The highest BCUT2D eigenvalue weighted by Gasteiger charge is 2.40. The van der Waals surface area contributed by atoms with Crippen molar-refractivity contribution in [2.75, 3.05) is 0 Å². The Hall–Kier alpha value is -0.620. The molecule has 0 radical (unpaired) electrons. The van der Waals surface area contributed by atoms with Gasteiger partial charge in [0, 0.05) is 11.1 Å². The summed E-state index contributed by atoms with van der Waals surface area (Å²) in [7, 11) is 0. The first-order valence-corrected chi connectivity index (χ1v) is 7.36. The molecule has 1 aliphatic carbocycles. The lowest BCUT2D eigenvalue weighted by molar-refractivity contribution is -0.137. The Morgan fingerprint density at radius 2 is 2.16 bits per heavy atom. The van der Waals surface area contributed by atoms with E-state index in [4.69, 9.17) is 5.73 Å². The zero-order valence-corrected chi connectivity index (χ0v) is 11.9. The van der Waals surface area contributed by atoms with E-state index in [-0.39, 0.29) is 0 Å². The van der Waals surface area contributed by atoms with Crippen LogP contribution in [0, 0.1) is 11.8 Å². The van der Waals surface area contributed by atoms with Crippen molar-refractivity contribution in [2.45, 2.75) is 51.2 Å². The quantitative estimate of drug-likeness (QED) is 0.889. The van der Waals surface area contributed by atoms with E-state index in [2.05, 4.69) is 18.8 Å². The van der Waals surface area contributed by atoms with Gasteiger partial charge in [0.25, 0.3) is 0 Å². The second kappa shape index (κ2) is 5.05. The highest BCUT2D eigenvalue weighted by Crippen LogP contribution is 2.44. The van der Waals surface area contributed by atoms with Crippen molar-refractivity contribution in [1.29, 1.82) is 0 Å². The summed E-state index contributed by atoms with van der Waals surface area (Å²) in [6.45, 7) is 4.29. The first kappa shape index (κ1) is 14.8. The van der Waals surface area contributed by atoms with Gasteiger partial charge in [0.15, 0.2) is 5.01 Å². The highest BCUT2D eigenvalue weighted by atomic mass is 32.1. The summed E-state index contributed by atoms with van der Waals surface area (Å²) < 4.78 is 37.8. The van der Waals surface area contributed by atoms with E-state index in [1.165, 1.54) is 6.20 Å². The molecule has 6 heteroatoms. The zero-order chi connectivity index (χ0) is 14.3. The van der Waals surface area contributed by atoms with Crippen LogP contribution in [0.1, 0.15) is 49.4 Å². The number of alkyl halides is 3. The van der Waals surface area contributed by atoms with Crippen LogP contribution in [0.2, 0.25) is 0 Å². The van der Waals surface area contributed by atoms with Gasteiger partial charge in [0.1, 0.15) is 0 Å². The topological polar surface area (TPSA) is 38.9 Å². The lowest BCUT2D eigenvalue weighted by Crippen LogP contribution is -2.41. The van der Waals surface area contributed by atoms with Crippen LogP contribution >= 0.6 is 11.3 Å². The van der Waals surface area contributed by atoms with E-state index in [1.807, 2.05) is 0 Å². The van der Waals surface area contributed by atoms with E-state index >= 15 is 0 Å². The first-order chi connectivity index (χ1) is 8.72. The average molecular weight is 292 g/mol. The van der Waals surface area contributed by atoms with Crippen molar-refractivity contribution in [3.05, 3.63) is 16.1 Å². The van der Waals surface area contributed by atoms with E-state index in [9.17, 15) is 13.2 Å². The fourth-order valence-corrected chi connectivity index (χ4v) is 3.70. The molecule has 2 N–H and O–H groups in total. The van der Waals surface area contributed by atoms with Gasteiger partial charge >= 0.3 is 6.18 Å². The van der Waals surface area contributed by atoms with Gasteiger partial charge in [0.05, 0.1) is 5.54 Å². The Morgan fingerprint density at radius 1 is 1.47 bits per heavy atom. The van der Waals surface area contributed by atoms with Crippen molar-refractivity contribution < 1.29 is 13.2 Å². The molecule has 19 heavy (non-hydrogen) atoms. The van der Waals surface area contributed by atoms with Crippen LogP contribution < -0.4 is 5.73 Å². The molecule has 0 bridgehead atoms. The van der Waals surface area contributed by atoms with Crippen LogP contribution in [0.25, 0.3) is 0 Å². The first-order valence-electron chi connectivity index (χ1n) is 6.55. The molecular formula is C13H19F3N2S. The van der Waals surface area contributed by atoms with Crippen LogP contribution in [0.4, 0.5) is 13.2 Å². The maximum Gasteiger partial charge on any atom is 0.443 e. The van der Waals surface area contributed by atoms with E-state index < -0.39 is 16.7 Å². The lowest BCUT2D eigenvalue weighted by Gasteiger charge is -2.38. The molecule has 0 spiro atoms. The van der Waals surface area contributed by atoms with Crippen LogP contribution in [0.15, 0.2) is 6.20 Å². The number of thiazole rings is 1. The normalized spacial score (nSPS) is 28.9. The minimum Gasteiger partial charge on any atom is -0.321 e. The predicted molar refractivity (Wildman–Crippen MR) is 69.8 cm³/mol. The molecule has 0 saturated heterocycles. The molecule has 108 valence electrons. The Labute approximate surface area is 115 Å². The van der Waals surface area contributed by atoms with Gasteiger partial charge in [0.2, 0.25) is 0 Å². The Morgan fingerprint density at radius 3 is 2.68 bits per heavy atom. The molecule has 2 unspecified atom stereocenters. The maximum absolute atomic E-state index is 12.6. The summed E-state index contributed by atoms with van der Waals surface area (Å²) in [5.41, 5.74) is 5.74. The Bertz CT molecular complexity index is 441. The molecule has 1 aromatic heterocycles. The number of nitrogens with two attached hydrogens (primary N) is 1. The van der Waals surface area contributed by atoms with Crippen LogP contribution in [0.5, 0.6) is 0 Å². The second-order valence-corrected chi connectivity index (χ2v) is 6.81. The minimum absolute atomic E-state index is 0.482. The molecule has 0 amide bonds. The van der Waals surface area contributed by atoms with E-state index in [1.54, 1.807) is 0 Å². The summed E-state index contributed by atoms with van der Waals surface area (Å²) >= 11 is 0.698. The fraction of sp³-hybridized carbons (Fsp3) is 0.769. The minimum atomic E-state index is -4.37. The third kappa shape index (κ3) is 3.11. The van der Waals surface area contributed by atoms with Crippen molar-refractivity contribution in [3.8, 4) is 0 Å². The number of aromatic nitrogens is 1. The van der Waals surface area contributed by atoms with Gasteiger partial charge in [-0.3, -0.25) is 0 Å². The summed E-state index contributed by atoms with van der Waals surface area (Å²) in [4.78, 5) is 4.07. The van der Waals surface area contributed by atoms with Crippen molar-refractivity contribution >= 4 is 11.3 Å². The number of hydrogen-bond donors (Lipinski definition) is 1. The lowest BCUT2D eigenvalue weighted by atomic mass is 9.72. The molecule has 1 saturated carbocycles. The average Bonchev–Trinajstić information content (AvgIpc) is 2.78. The summed E-state index contributed by atoms with van der Waals surface area (Å²) in [5, 5.41) is -0.793. The fourth-order valence-electron chi connectivity index (χ4n) is 2.78. The van der Waals surface area contributed by atoms with Crippen molar-refractivity contribution in [3.63, 3.8) is 0 Å². The number of nitrogens with zero attached hydrogens (tertiary/aromatic N) is 1. The summed E-state index contributed by atoms with van der Waals surface area (Å²) in [5.74, 6) is 0.994. The number of hydrogen-bond acceptors (Lipinski definition) is 3. The number of rotatable bonds is 2.